The molecule has 0 spiro atoms. The van der Waals surface area contributed by atoms with Crippen molar-refractivity contribution in [3.8, 4) is 5.75 Å². The molecule has 19 heavy (non-hydrogen) atoms. The Kier molecular flexibility index (Phi) is 4.66. The molecule has 1 aliphatic carbocycles. The van der Waals surface area contributed by atoms with E-state index in [-0.39, 0.29) is 18.6 Å². The van der Waals surface area contributed by atoms with Gasteiger partial charge in [-0.15, -0.1) is 0 Å². The molecule has 2 rings (SSSR count). The van der Waals surface area contributed by atoms with Gasteiger partial charge in [0.2, 0.25) is 0 Å². The van der Waals surface area contributed by atoms with E-state index in [9.17, 15) is 4.79 Å². The Bertz CT molecular complexity index is 461. The molecule has 1 aliphatic rings. The number of benzene rings is 1. The molecule has 1 fully saturated rings. The van der Waals surface area contributed by atoms with E-state index >= 15 is 0 Å². The van der Waals surface area contributed by atoms with Crippen LogP contribution >= 0.6 is 11.6 Å². The fraction of sp³-hybridized carbons (Fsp3) is 0.500. The Morgan fingerprint density at radius 1 is 1.58 bits per heavy atom. The molecule has 0 aromatic heterocycles. The van der Waals surface area contributed by atoms with E-state index in [0.29, 0.717) is 23.2 Å². The number of carbonyl (C=O) groups is 1. The summed E-state index contributed by atoms with van der Waals surface area (Å²) >= 11 is 5.99. The van der Waals surface area contributed by atoms with Crippen LogP contribution in [0.4, 0.5) is 0 Å². The Labute approximate surface area is 118 Å². The molecule has 3 N–H and O–H groups in total. The van der Waals surface area contributed by atoms with Gasteiger partial charge < -0.3 is 15.8 Å². The first-order valence-corrected chi connectivity index (χ1v) is 6.87. The third kappa shape index (κ3) is 3.85. The van der Waals surface area contributed by atoms with E-state index in [1.165, 1.54) is 0 Å². The van der Waals surface area contributed by atoms with Crippen molar-refractivity contribution in [1.82, 2.24) is 5.32 Å². The Hall–Kier alpha value is -1.26. The van der Waals surface area contributed by atoms with Gasteiger partial charge in [0.25, 0.3) is 5.91 Å². The number of nitrogens with one attached hydrogen (secondary N) is 1. The number of nitrogens with two attached hydrogens (primary N) is 1. The third-order valence-electron chi connectivity index (χ3n) is 3.37. The van der Waals surface area contributed by atoms with Gasteiger partial charge in [-0.2, -0.15) is 0 Å². The van der Waals surface area contributed by atoms with Gasteiger partial charge in [0.1, 0.15) is 5.75 Å². The number of ether oxygens (including phenoxy) is 1. The van der Waals surface area contributed by atoms with Gasteiger partial charge in [0.15, 0.2) is 6.61 Å². The van der Waals surface area contributed by atoms with Crippen molar-refractivity contribution in [2.75, 3.05) is 13.2 Å². The quantitative estimate of drug-likeness (QED) is 0.837. The van der Waals surface area contributed by atoms with Crippen LogP contribution in [-0.2, 0) is 4.79 Å². The Morgan fingerprint density at radius 2 is 2.32 bits per heavy atom. The Morgan fingerprint density at radius 3 is 2.95 bits per heavy atom. The molecular weight excluding hydrogens is 264 g/mol. The molecule has 1 aromatic carbocycles. The fourth-order valence-corrected chi connectivity index (χ4v) is 2.17. The van der Waals surface area contributed by atoms with Crippen molar-refractivity contribution in [1.29, 1.82) is 0 Å². The summed E-state index contributed by atoms with van der Waals surface area (Å²) in [6.07, 6.45) is 2.30. The summed E-state index contributed by atoms with van der Waals surface area (Å²) in [7, 11) is 0. The molecule has 0 bridgehead atoms. The lowest BCUT2D eigenvalue weighted by Crippen LogP contribution is -2.43. The second kappa shape index (κ2) is 6.26. The topological polar surface area (TPSA) is 64.3 Å². The summed E-state index contributed by atoms with van der Waals surface area (Å²) in [6.45, 7) is 2.33. The first-order valence-electron chi connectivity index (χ1n) is 6.49. The molecule has 0 saturated heterocycles. The minimum Gasteiger partial charge on any atom is -0.483 e. The van der Waals surface area contributed by atoms with E-state index in [4.69, 9.17) is 22.1 Å². The maximum Gasteiger partial charge on any atom is 0.258 e. The highest BCUT2D eigenvalue weighted by atomic mass is 35.5. The first kappa shape index (κ1) is 14.2. The number of carbonyl (C=O) groups excluding carboxylic acids is 1. The summed E-state index contributed by atoms with van der Waals surface area (Å²) in [5.41, 5.74) is 6.48. The van der Waals surface area contributed by atoms with E-state index in [0.717, 1.165) is 18.4 Å². The molecule has 1 saturated carbocycles. The highest BCUT2D eigenvalue weighted by Gasteiger charge is 2.31. The van der Waals surface area contributed by atoms with Gasteiger partial charge in [0, 0.05) is 23.2 Å². The predicted molar refractivity (Wildman–Crippen MR) is 75.4 cm³/mol. The number of halogens is 1. The summed E-state index contributed by atoms with van der Waals surface area (Å²) < 4.78 is 5.49. The smallest absolute Gasteiger partial charge is 0.258 e. The SMILES string of the molecule is Cc1c(Cl)cccc1OCC(=O)NC(CN)C1CC1. The predicted octanol–water partition coefficient (Wildman–Crippen LogP) is 1.88. The van der Waals surface area contributed by atoms with Crippen molar-refractivity contribution in [2.45, 2.75) is 25.8 Å². The van der Waals surface area contributed by atoms with Gasteiger partial charge in [-0.3, -0.25) is 4.79 Å². The van der Waals surface area contributed by atoms with Crippen LogP contribution < -0.4 is 15.8 Å². The Balaban J connectivity index is 1.84. The molecular formula is C14H19ClN2O2. The highest BCUT2D eigenvalue weighted by Crippen LogP contribution is 2.32. The number of hydrogen-bond donors (Lipinski definition) is 2. The standard InChI is InChI=1S/C14H19ClN2O2/c1-9-11(15)3-2-4-13(9)19-8-14(18)17-12(7-16)10-5-6-10/h2-4,10,12H,5-8,16H2,1H3,(H,17,18). The van der Waals surface area contributed by atoms with Crippen LogP contribution in [0.5, 0.6) is 5.75 Å². The molecule has 104 valence electrons. The summed E-state index contributed by atoms with van der Waals surface area (Å²) in [5, 5.41) is 3.55. The second-order valence-electron chi connectivity index (χ2n) is 4.90. The molecule has 1 amide bonds. The maximum absolute atomic E-state index is 11.8. The van der Waals surface area contributed by atoms with Crippen molar-refractivity contribution in [3.63, 3.8) is 0 Å². The van der Waals surface area contributed by atoms with Crippen LogP contribution in [0.15, 0.2) is 18.2 Å². The lowest BCUT2D eigenvalue weighted by molar-refractivity contribution is -0.123. The molecule has 0 heterocycles. The number of rotatable bonds is 6. The largest absolute Gasteiger partial charge is 0.483 e. The molecule has 0 aliphatic heterocycles. The summed E-state index contributed by atoms with van der Waals surface area (Å²) in [6, 6.07) is 5.48. The van der Waals surface area contributed by atoms with Crippen LogP contribution in [0.2, 0.25) is 5.02 Å². The molecule has 1 atom stereocenters. The van der Waals surface area contributed by atoms with Crippen LogP contribution in [0.1, 0.15) is 18.4 Å². The van der Waals surface area contributed by atoms with Crippen molar-refractivity contribution in [2.24, 2.45) is 11.7 Å². The number of amides is 1. The van der Waals surface area contributed by atoms with Crippen molar-refractivity contribution < 1.29 is 9.53 Å². The maximum atomic E-state index is 11.8. The summed E-state index contributed by atoms with van der Waals surface area (Å²) in [5.74, 6) is 1.04. The molecule has 0 radical (unpaired) electrons. The molecule has 1 unspecified atom stereocenters. The third-order valence-corrected chi connectivity index (χ3v) is 3.78. The van der Waals surface area contributed by atoms with Gasteiger partial charge in [0.05, 0.1) is 0 Å². The molecule has 1 aromatic rings. The van der Waals surface area contributed by atoms with E-state index in [1.807, 2.05) is 6.92 Å². The number of hydrogen-bond acceptors (Lipinski definition) is 3. The zero-order chi connectivity index (χ0) is 13.8. The fourth-order valence-electron chi connectivity index (χ4n) is 2.00. The van der Waals surface area contributed by atoms with Crippen LogP contribution in [-0.4, -0.2) is 25.1 Å². The zero-order valence-corrected chi connectivity index (χ0v) is 11.7. The van der Waals surface area contributed by atoms with Crippen LogP contribution in [0, 0.1) is 12.8 Å². The van der Waals surface area contributed by atoms with Gasteiger partial charge in [-0.1, -0.05) is 17.7 Å². The minimum atomic E-state index is -0.137. The van der Waals surface area contributed by atoms with E-state index in [2.05, 4.69) is 5.32 Å². The average Bonchev–Trinajstić information content (AvgIpc) is 3.22. The van der Waals surface area contributed by atoms with E-state index < -0.39 is 0 Å². The highest BCUT2D eigenvalue weighted by molar-refractivity contribution is 6.31. The zero-order valence-electron chi connectivity index (χ0n) is 11.0. The first-order chi connectivity index (χ1) is 9.11. The summed E-state index contributed by atoms with van der Waals surface area (Å²) in [4.78, 5) is 11.8. The molecule has 4 nitrogen and oxygen atoms in total. The second-order valence-corrected chi connectivity index (χ2v) is 5.31. The monoisotopic (exact) mass is 282 g/mol. The van der Waals surface area contributed by atoms with Gasteiger partial charge >= 0.3 is 0 Å². The van der Waals surface area contributed by atoms with Gasteiger partial charge in [-0.05, 0) is 37.8 Å². The van der Waals surface area contributed by atoms with Crippen LogP contribution in [0.25, 0.3) is 0 Å². The average molecular weight is 283 g/mol. The van der Waals surface area contributed by atoms with Crippen LogP contribution in [0.3, 0.4) is 0 Å². The minimum absolute atomic E-state index is 0.00952. The normalized spacial score (nSPS) is 15.9. The van der Waals surface area contributed by atoms with Crippen molar-refractivity contribution in [3.05, 3.63) is 28.8 Å². The lowest BCUT2D eigenvalue weighted by atomic mass is 10.2. The molecule has 5 heteroatoms. The lowest BCUT2D eigenvalue weighted by Gasteiger charge is -2.16. The van der Waals surface area contributed by atoms with Crippen molar-refractivity contribution >= 4 is 17.5 Å². The van der Waals surface area contributed by atoms with Gasteiger partial charge in [-0.25, -0.2) is 0 Å². The van der Waals surface area contributed by atoms with E-state index in [1.54, 1.807) is 18.2 Å².